The topological polar surface area (TPSA) is 99.9 Å². The van der Waals surface area contributed by atoms with Crippen molar-refractivity contribution in [1.29, 1.82) is 0 Å². The first-order chi connectivity index (χ1) is 22.6. The van der Waals surface area contributed by atoms with Crippen LogP contribution in [0.1, 0.15) is 84.2 Å². The fourth-order valence-electron chi connectivity index (χ4n) is 6.13. The molecule has 2 aliphatic heterocycles. The molecule has 0 bridgehead atoms. The number of hydrogen-bond donors (Lipinski definition) is 1. The van der Waals surface area contributed by atoms with Crippen LogP contribution in [0.2, 0.25) is 5.02 Å². The number of nitrogens with zero attached hydrogens (tertiary/aromatic N) is 2. The van der Waals surface area contributed by atoms with Gasteiger partial charge in [0, 0.05) is 43.7 Å². The predicted octanol–water partition coefficient (Wildman–Crippen LogP) is 6.82. The Labute approximate surface area is 280 Å². The highest BCUT2D eigenvalue weighted by atomic mass is 35.5. The molecule has 0 saturated carbocycles. The average molecular weight is 656 g/mol. The van der Waals surface area contributed by atoms with Gasteiger partial charge in [-0.05, 0) is 79.0 Å². The van der Waals surface area contributed by atoms with Crippen LogP contribution in [0.5, 0.6) is 0 Å². The second-order valence-corrected chi connectivity index (χ2v) is 13.1. The molecule has 2 saturated heterocycles. The lowest BCUT2D eigenvalue weighted by molar-refractivity contribution is -0.131. The molecule has 1 aromatic heterocycles. The number of piperidine rings is 1. The van der Waals surface area contributed by atoms with E-state index in [0.29, 0.717) is 42.9 Å². The third-order valence-corrected chi connectivity index (χ3v) is 9.18. The monoisotopic (exact) mass is 655 g/mol. The van der Waals surface area contributed by atoms with Crippen molar-refractivity contribution in [3.63, 3.8) is 0 Å². The lowest BCUT2D eigenvalue weighted by atomic mass is 9.86. The molecule has 3 amide bonds. The van der Waals surface area contributed by atoms with E-state index in [9.17, 15) is 19.2 Å². The Morgan fingerprint density at radius 2 is 1.68 bits per heavy atom. The smallest absolute Gasteiger partial charge is 0.287 e. The van der Waals surface area contributed by atoms with E-state index in [-0.39, 0.29) is 35.5 Å². The van der Waals surface area contributed by atoms with Crippen molar-refractivity contribution >= 4 is 40.3 Å². The molecule has 2 aliphatic rings. The van der Waals surface area contributed by atoms with E-state index < -0.39 is 5.91 Å². The molecule has 0 unspecified atom stereocenters. The quantitative estimate of drug-likeness (QED) is 0.235. The molecular formula is C38H42ClN3O5. The van der Waals surface area contributed by atoms with Crippen molar-refractivity contribution in [3.8, 4) is 0 Å². The molecule has 0 spiro atoms. The number of rotatable bonds is 7. The van der Waals surface area contributed by atoms with Crippen LogP contribution in [-0.4, -0.2) is 53.7 Å². The molecule has 0 atom stereocenters. The summed E-state index contributed by atoms with van der Waals surface area (Å²) in [5.41, 5.74) is 4.76. The van der Waals surface area contributed by atoms with Crippen LogP contribution in [0.15, 0.2) is 82.0 Å². The highest BCUT2D eigenvalue weighted by Gasteiger charge is 2.27. The normalized spacial score (nSPS) is 15.1. The molecule has 8 nitrogen and oxygen atoms in total. The molecule has 0 radical (unpaired) electrons. The van der Waals surface area contributed by atoms with Crippen molar-refractivity contribution in [3.05, 3.63) is 116 Å². The second-order valence-electron chi connectivity index (χ2n) is 12.6. The zero-order chi connectivity index (χ0) is 33.5. The van der Waals surface area contributed by atoms with Gasteiger partial charge in [-0.2, -0.15) is 0 Å². The Morgan fingerprint density at radius 3 is 2.34 bits per heavy atom. The van der Waals surface area contributed by atoms with Crippen LogP contribution in [-0.2, 0) is 16.1 Å². The lowest BCUT2D eigenvalue weighted by Gasteiger charge is -2.33. The van der Waals surface area contributed by atoms with Crippen LogP contribution >= 0.6 is 11.6 Å². The summed E-state index contributed by atoms with van der Waals surface area (Å²) in [5.74, 6) is -0.0539. The highest BCUT2D eigenvalue weighted by Crippen LogP contribution is 2.31. The molecule has 2 fully saturated rings. The van der Waals surface area contributed by atoms with E-state index in [1.807, 2.05) is 68.1 Å². The fourth-order valence-corrected chi connectivity index (χ4v) is 6.25. The molecule has 1 N–H and O–H groups in total. The zero-order valence-electron chi connectivity index (χ0n) is 27.3. The summed E-state index contributed by atoms with van der Waals surface area (Å²) < 4.78 is 5.68. The number of halogens is 1. The Balaban J connectivity index is 0.000000474. The molecule has 4 aromatic rings. The first kappa shape index (κ1) is 33.9. The molecule has 3 aromatic carbocycles. The summed E-state index contributed by atoms with van der Waals surface area (Å²) in [4.78, 5) is 54.0. The third kappa shape index (κ3) is 8.69. The number of likely N-dealkylation sites (tertiary alicyclic amines) is 2. The first-order valence-electron chi connectivity index (χ1n) is 16.3. The van der Waals surface area contributed by atoms with Crippen molar-refractivity contribution in [2.45, 2.75) is 64.8 Å². The Bertz CT molecular complexity index is 1770. The minimum absolute atomic E-state index is 0.107. The number of carbonyl (C=O) groups excluding carboxylic acids is 3. The van der Waals surface area contributed by atoms with Gasteiger partial charge in [0.05, 0.1) is 11.9 Å². The summed E-state index contributed by atoms with van der Waals surface area (Å²) in [7, 11) is 0. The summed E-state index contributed by atoms with van der Waals surface area (Å²) >= 11 is 5.61. The standard InChI is InChI=1S/C31H35N3O5.C7H7Cl/c1-20(2)22-9-10-27-25(16-22)26(35)17-28(39-27)31(38)32-18-30(37)33-14-11-21(12-15-33)24-7-4-3-6-23(24)19-34-13-5-8-29(34)36;1-6-2-4-7(8)5-3-6/h3-4,6-7,9-10,16-17,20-21H,5,8,11-15,18-19H2,1-2H3,(H,32,38);2-5H,1H3. The summed E-state index contributed by atoms with van der Waals surface area (Å²) in [6.07, 6.45) is 3.20. The van der Waals surface area contributed by atoms with E-state index in [4.69, 9.17) is 16.0 Å². The number of fused-ring (bicyclic) bond motifs is 1. The maximum absolute atomic E-state index is 12.9. The Hall–Kier alpha value is -4.43. The van der Waals surface area contributed by atoms with Crippen LogP contribution < -0.4 is 10.7 Å². The lowest BCUT2D eigenvalue weighted by Crippen LogP contribution is -2.44. The maximum atomic E-state index is 12.9. The maximum Gasteiger partial charge on any atom is 0.287 e. The zero-order valence-corrected chi connectivity index (χ0v) is 28.0. The van der Waals surface area contributed by atoms with Gasteiger partial charge in [0.15, 0.2) is 11.2 Å². The van der Waals surface area contributed by atoms with Crippen molar-refractivity contribution in [1.82, 2.24) is 15.1 Å². The molecule has 9 heteroatoms. The summed E-state index contributed by atoms with van der Waals surface area (Å²) in [5, 5.41) is 3.85. The average Bonchev–Trinajstić information content (AvgIpc) is 3.48. The van der Waals surface area contributed by atoms with Gasteiger partial charge >= 0.3 is 0 Å². The van der Waals surface area contributed by atoms with E-state index in [1.165, 1.54) is 22.8 Å². The minimum Gasteiger partial charge on any atom is -0.451 e. The van der Waals surface area contributed by atoms with Crippen LogP contribution in [0.25, 0.3) is 11.0 Å². The van der Waals surface area contributed by atoms with Gasteiger partial charge in [0.25, 0.3) is 5.91 Å². The number of amides is 3. The highest BCUT2D eigenvalue weighted by molar-refractivity contribution is 6.30. The summed E-state index contributed by atoms with van der Waals surface area (Å²) in [6.45, 7) is 8.61. The van der Waals surface area contributed by atoms with Crippen LogP contribution in [0.3, 0.4) is 0 Å². The molecule has 246 valence electrons. The molecular weight excluding hydrogens is 614 g/mol. The van der Waals surface area contributed by atoms with Gasteiger partial charge in [0.2, 0.25) is 11.8 Å². The largest absolute Gasteiger partial charge is 0.451 e. The van der Waals surface area contributed by atoms with Gasteiger partial charge in [0.1, 0.15) is 5.58 Å². The number of nitrogens with one attached hydrogen (secondary N) is 1. The van der Waals surface area contributed by atoms with Gasteiger partial charge < -0.3 is 19.5 Å². The molecule has 3 heterocycles. The van der Waals surface area contributed by atoms with Crippen LogP contribution in [0, 0.1) is 6.92 Å². The van der Waals surface area contributed by atoms with Gasteiger partial charge in [-0.1, -0.05) is 73.5 Å². The van der Waals surface area contributed by atoms with Gasteiger partial charge in [-0.25, -0.2) is 0 Å². The van der Waals surface area contributed by atoms with Gasteiger partial charge in [-0.3, -0.25) is 19.2 Å². The van der Waals surface area contributed by atoms with Crippen molar-refractivity contribution < 1.29 is 18.8 Å². The first-order valence-corrected chi connectivity index (χ1v) is 16.7. The van der Waals surface area contributed by atoms with E-state index in [0.717, 1.165) is 36.4 Å². The Morgan fingerprint density at radius 1 is 0.957 bits per heavy atom. The van der Waals surface area contributed by atoms with Crippen molar-refractivity contribution in [2.24, 2.45) is 0 Å². The predicted molar refractivity (Wildman–Crippen MR) is 185 cm³/mol. The SMILES string of the molecule is CC(C)c1ccc2oc(C(=O)NCC(=O)N3CCC(c4ccccc4CN4CCCC4=O)CC3)cc(=O)c2c1.Cc1ccc(Cl)cc1. The third-order valence-electron chi connectivity index (χ3n) is 8.93. The van der Waals surface area contributed by atoms with E-state index >= 15 is 0 Å². The number of benzene rings is 3. The molecule has 0 aliphatic carbocycles. The van der Waals surface area contributed by atoms with Crippen molar-refractivity contribution in [2.75, 3.05) is 26.2 Å². The summed E-state index contributed by atoms with van der Waals surface area (Å²) in [6, 6.07) is 22.6. The van der Waals surface area contributed by atoms with Crippen LogP contribution in [0.4, 0.5) is 0 Å². The number of carbonyl (C=O) groups is 3. The second kappa shape index (κ2) is 15.4. The fraction of sp³-hybridized carbons (Fsp3) is 0.368. The minimum atomic E-state index is -0.587. The molecule has 6 rings (SSSR count). The molecule has 47 heavy (non-hydrogen) atoms. The Kier molecular flexibility index (Phi) is 11.1. The van der Waals surface area contributed by atoms with Gasteiger partial charge in [-0.15, -0.1) is 0 Å². The van der Waals surface area contributed by atoms with E-state index in [2.05, 4.69) is 17.4 Å². The number of hydrogen-bond acceptors (Lipinski definition) is 5. The van der Waals surface area contributed by atoms with E-state index in [1.54, 1.807) is 17.0 Å². The number of aryl methyl sites for hydroxylation is 1.